The van der Waals surface area contributed by atoms with E-state index in [4.69, 9.17) is 0 Å². The highest BCUT2D eigenvalue weighted by molar-refractivity contribution is 7.08. The molecule has 8 heteroatoms. The van der Waals surface area contributed by atoms with Crippen molar-refractivity contribution < 1.29 is 4.79 Å². The maximum Gasteiger partial charge on any atom is 0.232 e. The second-order valence-corrected chi connectivity index (χ2v) is 8.84. The van der Waals surface area contributed by atoms with Gasteiger partial charge in [-0.05, 0) is 70.1 Å². The molecule has 3 heterocycles. The monoisotopic (exact) mass is 456 g/mol. The third-order valence-corrected chi connectivity index (χ3v) is 6.49. The Bertz CT molecular complexity index is 1300. The normalized spacial score (nSPS) is 12.8. The maximum atomic E-state index is 11.5. The minimum atomic E-state index is -0.106. The van der Waals surface area contributed by atoms with Gasteiger partial charge in [0.25, 0.3) is 0 Å². The van der Waals surface area contributed by atoms with Gasteiger partial charge in [-0.1, -0.05) is 24.3 Å². The van der Waals surface area contributed by atoms with E-state index < -0.39 is 0 Å². The van der Waals surface area contributed by atoms with Gasteiger partial charge in [-0.2, -0.15) is 16.3 Å². The minimum absolute atomic E-state index is 0.106. The van der Waals surface area contributed by atoms with Crippen molar-refractivity contribution in [2.24, 2.45) is 0 Å². The van der Waals surface area contributed by atoms with Crippen LogP contribution in [0, 0.1) is 6.92 Å². The molecule has 0 fully saturated rings. The van der Waals surface area contributed by atoms with Crippen LogP contribution in [0.2, 0.25) is 0 Å². The van der Waals surface area contributed by atoms with Gasteiger partial charge in [-0.25, -0.2) is 9.97 Å². The molecule has 0 saturated heterocycles. The zero-order valence-electron chi connectivity index (χ0n) is 18.5. The summed E-state index contributed by atoms with van der Waals surface area (Å²) in [7, 11) is 0. The van der Waals surface area contributed by atoms with Gasteiger partial charge in [0.1, 0.15) is 6.33 Å². The number of hydrogen-bond donors (Lipinski definition) is 2. The van der Waals surface area contributed by atoms with Gasteiger partial charge < -0.3 is 15.5 Å². The SMILES string of the molecule is CC(=O)Nc1cccc(Nc2ncnc(N3CCc4cc(-c5ccsc5)ccc4C3)n2)c1C. The number of benzene rings is 2. The number of aromatic nitrogens is 3. The molecule has 7 nitrogen and oxygen atoms in total. The van der Waals surface area contributed by atoms with Crippen molar-refractivity contribution in [3.05, 3.63) is 76.2 Å². The Morgan fingerprint density at radius 2 is 1.94 bits per heavy atom. The van der Waals surface area contributed by atoms with E-state index in [1.165, 1.54) is 35.5 Å². The Labute approximate surface area is 196 Å². The van der Waals surface area contributed by atoms with Crippen LogP contribution < -0.4 is 15.5 Å². The quantitative estimate of drug-likeness (QED) is 0.431. The summed E-state index contributed by atoms with van der Waals surface area (Å²) in [5, 5.41) is 10.4. The summed E-state index contributed by atoms with van der Waals surface area (Å²) in [6, 6.07) is 14.6. The zero-order valence-corrected chi connectivity index (χ0v) is 19.3. The van der Waals surface area contributed by atoms with Gasteiger partial charge in [-0.3, -0.25) is 4.79 Å². The van der Waals surface area contributed by atoms with E-state index in [0.717, 1.165) is 36.4 Å². The molecule has 2 aromatic heterocycles. The van der Waals surface area contributed by atoms with Gasteiger partial charge in [0.15, 0.2) is 0 Å². The first kappa shape index (κ1) is 21.1. The van der Waals surface area contributed by atoms with Crippen LogP contribution >= 0.6 is 11.3 Å². The molecule has 0 aliphatic carbocycles. The fourth-order valence-corrected chi connectivity index (χ4v) is 4.71. The number of nitrogens with one attached hydrogen (secondary N) is 2. The molecule has 5 rings (SSSR count). The number of carbonyl (C=O) groups is 1. The van der Waals surface area contributed by atoms with E-state index in [-0.39, 0.29) is 5.91 Å². The van der Waals surface area contributed by atoms with Crippen LogP contribution in [0.25, 0.3) is 11.1 Å². The Morgan fingerprint density at radius 3 is 2.76 bits per heavy atom. The number of carbonyl (C=O) groups excluding carboxylic acids is 1. The van der Waals surface area contributed by atoms with E-state index in [2.05, 4.69) is 65.5 Å². The Hall–Kier alpha value is -3.78. The summed E-state index contributed by atoms with van der Waals surface area (Å²) in [4.78, 5) is 27.0. The topological polar surface area (TPSA) is 83.0 Å². The van der Waals surface area contributed by atoms with Crippen LogP contribution in [-0.2, 0) is 17.8 Å². The second-order valence-electron chi connectivity index (χ2n) is 8.06. The standard InChI is InChI=1S/C25H24N6OS/c1-16-22(28-17(2)32)4-3-5-23(16)29-24-26-15-27-25(30-24)31-10-8-19-12-18(6-7-20(19)13-31)21-9-11-33-14-21/h3-7,9,11-12,14-15H,8,10,13H2,1-2H3,(H,28,32)(H,26,27,29,30). The molecule has 1 aliphatic rings. The van der Waals surface area contributed by atoms with Gasteiger partial charge in [0.2, 0.25) is 17.8 Å². The lowest BCUT2D eigenvalue weighted by molar-refractivity contribution is -0.114. The Balaban J connectivity index is 1.34. The average Bonchev–Trinajstić information content (AvgIpc) is 3.36. The molecule has 0 spiro atoms. The van der Waals surface area contributed by atoms with Gasteiger partial charge in [0, 0.05) is 31.4 Å². The van der Waals surface area contributed by atoms with Crippen LogP contribution in [0.4, 0.5) is 23.3 Å². The largest absolute Gasteiger partial charge is 0.336 e. The molecule has 1 aliphatic heterocycles. The fourth-order valence-electron chi connectivity index (χ4n) is 4.05. The molecule has 33 heavy (non-hydrogen) atoms. The number of anilines is 4. The van der Waals surface area contributed by atoms with E-state index in [1.807, 2.05) is 25.1 Å². The van der Waals surface area contributed by atoms with Gasteiger partial charge >= 0.3 is 0 Å². The summed E-state index contributed by atoms with van der Waals surface area (Å²) >= 11 is 1.72. The van der Waals surface area contributed by atoms with Crippen molar-refractivity contribution in [1.82, 2.24) is 15.0 Å². The summed E-state index contributed by atoms with van der Waals surface area (Å²) in [5.41, 5.74) is 7.74. The van der Waals surface area contributed by atoms with Crippen molar-refractivity contribution >= 4 is 40.5 Å². The first-order valence-electron chi connectivity index (χ1n) is 10.8. The Kier molecular flexibility index (Phi) is 5.75. The molecule has 0 radical (unpaired) electrons. The third kappa shape index (κ3) is 4.56. The summed E-state index contributed by atoms with van der Waals surface area (Å²) < 4.78 is 0. The van der Waals surface area contributed by atoms with E-state index >= 15 is 0 Å². The lowest BCUT2D eigenvalue weighted by Gasteiger charge is -2.29. The molecule has 0 saturated carbocycles. The molecular weight excluding hydrogens is 432 g/mol. The second kappa shape index (κ2) is 8.99. The molecule has 1 amide bonds. The average molecular weight is 457 g/mol. The van der Waals surface area contributed by atoms with Crippen LogP contribution in [0.1, 0.15) is 23.6 Å². The Morgan fingerprint density at radius 1 is 1.06 bits per heavy atom. The third-order valence-electron chi connectivity index (χ3n) is 5.81. The first-order valence-corrected chi connectivity index (χ1v) is 11.7. The number of hydrogen-bond acceptors (Lipinski definition) is 7. The van der Waals surface area contributed by atoms with Crippen molar-refractivity contribution in [1.29, 1.82) is 0 Å². The highest BCUT2D eigenvalue weighted by atomic mass is 32.1. The molecule has 0 unspecified atom stereocenters. The molecule has 4 aromatic rings. The molecule has 166 valence electrons. The first-order chi connectivity index (χ1) is 16.1. The summed E-state index contributed by atoms with van der Waals surface area (Å²) in [6.45, 7) is 5.06. The van der Waals surface area contributed by atoms with Gasteiger partial charge in [0.05, 0.1) is 0 Å². The van der Waals surface area contributed by atoms with Crippen LogP contribution in [0.5, 0.6) is 0 Å². The molecule has 2 N–H and O–H groups in total. The highest BCUT2D eigenvalue weighted by Crippen LogP contribution is 2.29. The van der Waals surface area contributed by atoms with Crippen molar-refractivity contribution in [3.8, 4) is 11.1 Å². The predicted octanol–water partition coefficient (Wildman–Crippen LogP) is 5.17. The zero-order chi connectivity index (χ0) is 22.8. The number of nitrogens with zero attached hydrogens (tertiary/aromatic N) is 4. The number of fused-ring (bicyclic) bond motifs is 1. The predicted molar refractivity (Wildman–Crippen MR) is 133 cm³/mol. The minimum Gasteiger partial charge on any atom is -0.336 e. The lowest BCUT2D eigenvalue weighted by Crippen LogP contribution is -2.32. The summed E-state index contributed by atoms with van der Waals surface area (Å²) in [6.07, 6.45) is 2.48. The molecule has 2 aromatic carbocycles. The van der Waals surface area contributed by atoms with Crippen LogP contribution in [-0.4, -0.2) is 27.4 Å². The van der Waals surface area contributed by atoms with Crippen LogP contribution in [0.15, 0.2) is 59.6 Å². The van der Waals surface area contributed by atoms with Crippen molar-refractivity contribution in [2.45, 2.75) is 26.8 Å². The van der Waals surface area contributed by atoms with Crippen LogP contribution in [0.3, 0.4) is 0 Å². The van der Waals surface area contributed by atoms with Crippen molar-refractivity contribution in [2.75, 3.05) is 22.1 Å². The van der Waals surface area contributed by atoms with E-state index in [0.29, 0.717) is 11.9 Å². The fraction of sp³-hybridized carbons (Fsp3) is 0.200. The number of amides is 1. The van der Waals surface area contributed by atoms with E-state index in [1.54, 1.807) is 11.3 Å². The smallest absolute Gasteiger partial charge is 0.232 e. The molecule has 0 bridgehead atoms. The maximum absolute atomic E-state index is 11.5. The highest BCUT2D eigenvalue weighted by Gasteiger charge is 2.20. The molecular formula is C25H24N6OS. The lowest BCUT2D eigenvalue weighted by atomic mass is 9.95. The van der Waals surface area contributed by atoms with Gasteiger partial charge in [-0.15, -0.1) is 0 Å². The molecule has 0 atom stereocenters. The van der Waals surface area contributed by atoms with Crippen molar-refractivity contribution in [3.63, 3.8) is 0 Å². The van der Waals surface area contributed by atoms with E-state index in [9.17, 15) is 4.79 Å². The summed E-state index contributed by atoms with van der Waals surface area (Å²) in [5.74, 6) is 1.02. The number of thiophene rings is 1. The number of rotatable bonds is 5.